The lowest BCUT2D eigenvalue weighted by atomic mass is 10.4. The Balaban J connectivity index is 0. The zero-order chi connectivity index (χ0) is 17.9. The predicted octanol–water partition coefficient (Wildman–Crippen LogP) is 1.57. The van der Waals surface area contributed by atoms with Gasteiger partial charge in [-0.2, -0.15) is 0 Å². The monoisotopic (exact) mass is 474 g/mol. The molecule has 2 N–H and O–H groups in total. The highest BCUT2D eigenvalue weighted by Gasteiger charge is 1.99. The van der Waals surface area contributed by atoms with Gasteiger partial charge in [-0.05, 0) is 20.4 Å². The van der Waals surface area contributed by atoms with E-state index in [0.717, 1.165) is 58.3 Å². The topological polar surface area (TPSA) is 67.4 Å². The molecule has 0 saturated heterocycles. The molecular weight excluding hydrogens is 435 g/mol. The van der Waals surface area contributed by atoms with E-state index in [9.17, 15) is 0 Å². The van der Waals surface area contributed by atoms with Crippen LogP contribution in [0.15, 0.2) is 4.99 Å². The summed E-state index contributed by atoms with van der Waals surface area (Å²) < 4.78 is 16.1. The number of ether oxygens (including phenoxy) is 3. The minimum Gasteiger partial charge on any atom is -0.383 e. The normalized spacial score (nSPS) is 11.5. The third-order valence-corrected chi connectivity index (χ3v) is 3.33. The van der Waals surface area contributed by atoms with Crippen LogP contribution in [0.3, 0.4) is 0 Å². The Hall–Kier alpha value is -0.160. The smallest absolute Gasteiger partial charge is 0.191 e. The Labute approximate surface area is 171 Å². The first-order valence-electron chi connectivity index (χ1n) is 9.09. The van der Waals surface area contributed by atoms with Crippen molar-refractivity contribution in [1.82, 2.24) is 15.5 Å². The molecule has 0 fully saturated rings. The molecular formula is C17H39IN4O3. The lowest BCUT2D eigenvalue weighted by molar-refractivity contribution is 0.0487. The van der Waals surface area contributed by atoms with Gasteiger partial charge in [-0.25, -0.2) is 0 Å². The number of likely N-dealkylation sites (N-methyl/N-ethyl adjacent to an activating group) is 1. The zero-order valence-electron chi connectivity index (χ0n) is 16.5. The number of guanidine groups is 1. The summed E-state index contributed by atoms with van der Waals surface area (Å²) in [7, 11) is 3.80. The first-order valence-corrected chi connectivity index (χ1v) is 9.09. The fourth-order valence-corrected chi connectivity index (χ4v) is 1.84. The molecule has 0 aliphatic carbocycles. The predicted molar refractivity (Wildman–Crippen MR) is 115 cm³/mol. The van der Waals surface area contributed by atoms with Crippen LogP contribution in [0.2, 0.25) is 0 Å². The Morgan fingerprint density at radius 1 is 0.960 bits per heavy atom. The molecule has 152 valence electrons. The molecule has 0 radical (unpaired) electrons. The van der Waals surface area contributed by atoms with Crippen molar-refractivity contribution in [3.05, 3.63) is 0 Å². The number of methoxy groups -OCH3 is 1. The van der Waals surface area contributed by atoms with Crippen molar-refractivity contribution in [3.8, 4) is 0 Å². The number of nitrogens with zero attached hydrogens (tertiary/aromatic N) is 2. The molecule has 0 aliphatic rings. The molecule has 0 aromatic carbocycles. The number of rotatable bonds is 16. The molecule has 0 rings (SSSR count). The maximum absolute atomic E-state index is 5.54. The van der Waals surface area contributed by atoms with Crippen molar-refractivity contribution >= 4 is 29.9 Å². The molecule has 0 aromatic heterocycles. The van der Waals surface area contributed by atoms with Gasteiger partial charge in [0.2, 0.25) is 0 Å². The molecule has 8 heteroatoms. The molecule has 0 amide bonds. The summed E-state index contributed by atoms with van der Waals surface area (Å²) in [5.74, 6) is 0.834. The second-order valence-corrected chi connectivity index (χ2v) is 5.56. The van der Waals surface area contributed by atoms with Crippen LogP contribution < -0.4 is 10.6 Å². The average Bonchev–Trinajstić information content (AvgIpc) is 2.58. The largest absolute Gasteiger partial charge is 0.383 e. The Kier molecular flexibility index (Phi) is 23.7. The Morgan fingerprint density at radius 2 is 1.68 bits per heavy atom. The lowest BCUT2D eigenvalue weighted by Crippen LogP contribution is -2.39. The van der Waals surface area contributed by atoms with Gasteiger partial charge < -0.3 is 29.7 Å². The van der Waals surface area contributed by atoms with E-state index in [1.165, 1.54) is 6.42 Å². The van der Waals surface area contributed by atoms with Gasteiger partial charge in [-0.3, -0.25) is 4.99 Å². The lowest BCUT2D eigenvalue weighted by Gasteiger charge is -2.15. The van der Waals surface area contributed by atoms with Crippen LogP contribution >= 0.6 is 24.0 Å². The number of aliphatic imine (C=N–C) groups is 1. The Bertz CT molecular complexity index is 297. The van der Waals surface area contributed by atoms with Gasteiger partial charge in [0.1, 0.15) is 0 Å². The van der Waals surface area contributed by atoms with Crippen LogP contribution in [-0.2, 0) is 14.2 Å². The van der Waals surface area contributed by atoms with Gasteiger partial charge in [-0.15, -0.1) is 24.0 Å². The second-order valence-electron chi connectivity index (χ2n) is 5.56. The zero-order valence-corrected chi connectivity index (χ0v) is 18.8. The molecule has 25 heavy (non-hydrogen) atoms. The van der Waals surface area contributed by atoms with E-state index in [-0.39, 0.29) is 24.0 Å². The maximum atomic E-state index is 5.54. The molecule has 0 atom stereocenters. The SMILES string of the molecule is CCCCOCCOCCNC(=NCCN(C)CCOC)NCC.I. The Morgan fingerprint density at radius 3 is 2.32 bits per heavy atom. The molecule has 7 nitrogen and oxygen atoms in total. The fraction of sp³-hybridized carbons (Fsp3) is 0.941. The van der Waals surface area contributed by atoms with Crippen molar-refractivity contribution in [1.29, 1.82) is 0 Å². The van der Waals surface area contributed by atoms with E-state index in [1.54, 1.807) is 7.11 Å². The molecule has 0 aromatic rings. The average molecular weight is 474 g/mol. The van der Waals surface area contributed by atoms with Gasteiger partial charge in [-0.1, -0.05) is 13.3 Å². The number of hydrogen-bond acceptors (Lipinski definition) is 5. The summed E-state index contributed by atoms with van der Waals surface area (Å²) in [4.78, 5) is 6.77. The van der Waals surface area contributed by atoms with E-state index >= 15 is 0 Å². The minimum atomic E-state index is 0. The molecule has 0 unspecified atom stereocenters. The van der Waals surface area contributed by atoms with Crippen LogP contribution in [0.25, 0.3) is 0 Å². The van der Waals surface area contributed by atoms with E-state index in [2.05, 4.69) is 41.4 Å². The van der Waals surface area contributed by atoms with Gasteiger partial charge >= 0.3 is 0 Å². The van der Waals surface area contributed by atoms with Crippen molar-refractivity contribution in [2.24, 2.45) is 4.99 Å². The van der Waals surface area contributed by atoms with E-state index < -0.39 is 0 Å². The summed E-state index contributed by atoms with van der Waals surface area (Å²) in [6, 6.07) is 0. The fourth-order valence-electron chi connectivity index (χ4n) is 1.84. The first-order chi connectivity index (χ1) is 11.7. The highest BCUT2D eigenvalue weighted by molar-refractivity contribution is 14.0. The van der Waals surface area contributed by atoms with E-state index in [4.69, 9.17) is 14.2 Å². The molecule has 0 saturated carbocycles. The van der Waals surface area contributed by atoms with Crippen LogP contribution in [0, 0.1) is 0 Å². The van der Waals surface area contributed by atoms with Crippen molar-refractivity contribution in [2.45, 2.75) is 26.7 Å². The van der Waals surface area contributed by atoms with Crippen LogP contribution in [-0.4, -0.2) is 90.8 Å². The highest BCUT2D eigenvalue weighted by Crippen LogP contribution is 1.88. The third-order valence-electron chi connectivity index (χ3n) is 3.33. The van der Waals surface area contributed by atoms with Crippen molar-refractivity contribution in [3.63, 3.8) is 0 Å². The summed E-state index contributed by atoms with van der Waals surface area (Å²) in [6.07, 6.45) is 2.28. The van der Waals surface area contributed by atoms with Gasteiger partial charge in [0.15, 0.2) is 5.96 Å². The minimum absolute atomic E-state index is 0. The summed E-state index contributed by atoms with van der Waals surface area (Å²) >= 11 is 0. The van der Waals surface area contributed by atoms with Crippen molar-refractivity contribution in [2.75, 3.05) is 79.9 Å². The highest BCUT2D eigenvalue weighted by atomic mass is 127. The van der Waals surface area contributed by atoms with Crippen molar-refractivity contribution < 1.29 is 14.2 Å². The first kappa shape index (κ1) is 27.1. The van der Waals surface area contributed by atoms with Gasteiger partial charge in [0, 0.05) is 39.9 Å². The second kappa shape index (κ2) is 21.9. The number of hydrogen-bond donors (Lipinski definition) is 2. The third kappa shape index (κ3) is 20.0. The van der Waals surface area contributed by atoms with Crippen LogP contribution in [0.5, 0.6) is 0 Å². The maximum Gasteiger partial charge on any atom is 0.191 e. The summed E-state index contributed by atoms with van der Waals surface area (Å²) in [6.45, 7) is 11.9. The molecule has 0 aliphatic heterocycles. The standard InChI is InChI=1S/C17H38N4O3.HI/c1-5-7-12-23-15-16-24-13-9-20-17(18-6-2)19-8-10-21(3)11-14-22-4;/h5-16H2,1-4H3,(H2,18,19,20);1H. The number of nitrogens with one attached hydrogen (secondary N) is 2. The molecule has 0 spiro atoms. The van der Waals surface area contributed by atoms with Crippen LogP contribution in [0.4, 0.5) is 0 Å². The summed E-state index contributed by atoms with van der Waals surface area (Å²) in [5, 5.41) is 6.52. The molecule has 0 heterocycles. The van der Waals surface area contributed by atoms with Gasteiger partial charge in [0.05, 0.1) is 33.0 Å². The van der Waals surface area contributed by atoms with E-state index in [0.29, 0.717) is 19.8 Å². The van der Waals surface area contributed by atoms with Gasteiger partial charge in [0.25, 0.3) is 0 Å². The quantitative estimate of drug-likeness (QED) is 0.153. The van der Waals surface area contributed by atoms with Crippen LogP contribution in [0.1, 0.15) is 26.7 Å². The number of halogens is 1. The van der Waals surface area contributed by atoms with E-state index in [1.807, 2.05) is 0 Å². The molecule has 0 bridgehead atoms. The summed E-state index contributed by atoms with van der Waals surface area (Å²) in [5.41, 5.74) is 0. The number of unbranched alkanes of at least 4 members (excludes halogenated alkanes) is 1.